The van der Waals surface area contributed by atoms with Crippen molar-refractivity contribution in [3.63, 3.8) is 0 Å². The fraction of sp³-hybridized carbons (Fsp3) is 0.333. The average molecular weight is 219 g/mol. The molecular formula is C12H13NO3. The van der Waals surface area contributed by atoms with Crippen LogP contribution in [0.4, 0.5) is 0 Å². The number of nitrogens with zero attached hydrogens (tertiary/aromatic N) is 1. The Morgan fingerprint density at radius 1 is 1.50 bits per heavy atom. The van der Waals surface area contributed by atoms with Gasteiger partial charge in [-0.15, -0.1) is 0 Å². The molecule has 1 atom stereocenters. The van der Waals surface area contributed by atoms with E-state index in [4.69, 9.17) is 15.1 Å². The lowest BCUT2D eigenvalue weighted by Crippen LogP contribution is -2.25. The van der Waals surface area contributed by atoms with Gasteiger partial charge in [-0.1, -0.05) is 19.1 Å². The van der Waals surface area contributed by atoms with Crippen LogP contribution in [0.3, 0.4) is 0 Å². The summed E-state index contributed by atoms with van der Waals surface area (Å²) in [6, 6.07) is 8.91. The molecular weight excluding hydrogens is 206 g/mol. The van der Waals surface area contributed by atoms with E-state index in [1.807, 2.05) is 6.07 Å². The summed E-state index contributed by atoms with van der Waals surface area (Å²) in [6.07, 6.45) is -0.0621. The zero-order valence-electron chi connectivity index (χ0n) is 9.01. The van der Waals surface area contributed by atoms with E-state index in [0.29, 0.717) is 18.6 Å². The Bertz CT molecular complexity index is 392. The number of carboxylic acids is 1. The Morgan fingerprint density at radius 3 is 2.56 bits per heavy atom. The van der Waals surface area contributed by atoms with Crippen molar-refractivity contribution < 1.29 is 14.6 Å². The van der Waals surface area contributed by atoms with Crippen molar-refractivity contribution in [2.24, 2.45) is 0 Å². The number of carbonyl (C=O) groups is 1. The van der Waals surface area contributed by atoms with Gasteiger partial charge in [0.1, 0.15) is 5.75 Å². The van der Waals surface area contributed by atoms with E-state index in [1.165, 1.54) is 0 Å². The second-order valence-corrected chi connectivity index (χ2v) is 3.33. The maximum atomic E-state index is 10.7. The molecule has 0 amide bonds. The molecule has 0 radical (unpaired) electrons. The first-order chi connectivity index (χ1) is 7.67. The number of benzene rings is 1. The van der Waals surface area contributed by atoms with Gasteiger partial charge in [0.2, 0.25) is 0 Å². The van der Waals surface area contributed by atoms with Gasteiger partial charge in [0, 0.05) is 0 Å². The van der Waals surface area contributed by atoms with Crippen molar-refractivity contribution in [3.05, 3.63) is 29.8 Å². The molecule has 0 bridgehead atoms. The zero-order chi connectivity index (χ0) is 12.0. The van der Waals surface area contributed by atoms with E-state index in [1.54, 1.807) is 31.2 Å². The third-order valence-electron chi connectivity index (χ3n) is 2.13. The molecule has 84 valence electrons. The molecule has 1 rings (SSSR count). The fourth-order valence-corrected chi connectivity index (χ4v) is 1.25. The second-order valence-electron chi connectivity index (χ2n) is 3.33. The lowest BCUT2D eigenvalue weighted by atomic mass is 10.1. The zero-order valence-corrected chi connectivity index (χ0v) is 9.01. The van der Waals surface area contributed by atoms with E-state index in [2.05, 4.69) is 0 Å². The predicted molar refractivity (Wildman–Crippen MR) is 58.1 cm³/mol. The summed E-state index contributed by atoms with van der Waals surface area (Å²) in [6.45, 7) is 1.75. The number of hydrogen-bond acceptors (Lipinski definition) is 3. The van der Waals surface area contributed by atoms with Crippen molar-refractivity contribution >= 4 is 5.97 Å². The Kier molecular flexibility index (Phi) is 4.34. The van der Waals surface area contributed by atoms with Gasteiger partial charge in [0.05, 0.1) is 12.5 Å². The molecule has 1 unspecified atom stereocenters. The first kappa shape index (κ1) is 12.1. The average Bonchev–Trinajstić information content (AvgIpc) is 2.28. The molecule has 0 aliphatic rings. The highest BCUT2D eigenvalue weighted by Gasteiger charge is 2.16. The van der Waals surface area contributed by atoms with Gasteiger partial charge in [-0.3, -0.25) is 0 Å². The smallest absolute Gasteiger partial charge is 0.344 e. The Balaban J connectivity index is 2.68. The number of hydrogen-bond donors (Lipinski definition) is 1. The molecule has 4 nitrogen and oxygen atoms in total. The van der Waals surface area contributed by atoms with E-state index >= 15 is 0 Å². The highest BCUT2D eigenvalue weighted by molar-refractivity contribution is 5.72. The predicted octanol–water partition coefficient (Wildman–Crippen LogP) is 1.99. The molecule has 0 fully saturated rings. The topological polar surface area (TPSA) is 70.3 Å². The number of ether oxygens (including phenoxy) is 1. The summed E-state index contributed by atoms with van der Waals surface area (Å²) in [4.78, 5) is 10.7. The first-order valence-electron chi connectivity index (χ1n) is 5.02. The Hall–Kier alpha value is -2.02. The van der Waals surface area contributed by atoms with Crippen LogP contribution in [0.15, 0.2) is 24.3 Å². The van der Waals surface area contributed by atoms with Gasteiger partial charge in [-0.05, 0) is 24.1 Å². The van der Waals surface area contributed by atoms with Crippen LogP contribution in [0.5, 0.6) is 5.75 Å². The molecule has 1 N–H and O–H groups in total. The summed E-state index contributed by atoms with van der Waals surface area (Å²) in [7, 11) is 0. The van der Waals surface area contributed by atoms with Crippen LogP contribution in [0.2, 0.25) is 0 Å². The minimum atomic E-state index is -0.969. The van der Waals surface area contributed by atoms with E-state index < -0.39 is 12.1 Å². The summed E-state index contributed by atoms with van der Waals surface area (Å²) in [5, 5.41) is 17.3. The SMILES string of the molecule is CCC(Oc1ccc(CC#N)cc1)C(=O)O. The third-order valence-corrected chi connectivity index (χ3v) is 2.13. The largest absolute Gasteiger partial charge is 0.479 e. The number of carboxylic acid groups (broad SMARTS) is 1. The maximum absolute atomic E-state index is 10.7. The summed E-state index contributed by atoms with van der Waals surface area (Å²) < 4.78 is 5.28. The molecule has 1 aromatic rings. The normalized spacial score (nSPS) is 11.5. The third kappa shape index (κ3) is 3.28. The Morgan fingerprint density at radius 2 is 2.12 bits per heavy atom. The van der Waals surface area contributed by atoms with Crippen molar-refractivity contribution in [1.82, 2.24) is 0 Å². The van der Waals surface area contributed by atoms with Crippen molar-refractivity contribution in [2.75, 3.05) is 0 Å². The van der Waals surface area contributed by atoms with Crippen molar-refractivity contribution in [3.8, 4) is 11.8 Å². The van der Waals surface area contributed by atoms with Crippen LogP contribution < -0.4 is 4.74 Å². The lowest BCUT2D eigenvalue weighted by molar-refractivity contribution is -0.145. The highest BCUT2D eigenvalue weighted by Crippen LogP contribution is 2.15. The quantitative estimate of drug-likeness (QED) is 0.822. The molecule has 0 saturated heterocycles. The van der Waals surface area contributed by atoms with Crippen LogP contribution >= 0.6 is 0 Å². The van der Waals surface area contributed by atoms with E-state index in [0.717, 1.165) is 5.56 Å². The van der Waals surface area contributed by atoms with Crippen LogP contribution in [-0.2, 0) is 11.2 Å². The maximum Gasteiger partial charge on any atom is 0.344 e. The van der Waals surface area contributed by atoms with Gasteiger partial charge in [0.15, 0.2) is 6.10 Å². The lowest BCUT2D eigenvalue weighted by Gasteiger charge is -2.12. The minimum absolute atomic E-state index is 0.344. The molecule has 0 aromatic heterocycles. The summed E-state index contributed by atoms with van der Waals surface area (Å²) in [5.41, 5.74) is 0.887. The van der Waals surface area contributed by atoms with Crippen LogP contribution in [-0.4, -0.2) is 17.2 Å². The van der Waals surface area contributed by atoms with Crippen LogP contribution in [0, 0.1) is 11.3 Å². The van der Waals surface area contributed by atoms with Crippen LogP contribution in [0.1, 0.15) is 18.9 Å². The first-order valence-corrected chi connectivity index (χ1v) is 5.02. The van der Waals surface area contributed by atoms with Gasteiger partial charge in [0.25, 0.3) is 0 Å². The molecule has 16 heavy (non-hydrogen) atoms. The standard InChI is InChI=1S/C12H13NO3/c1-2-11(12(14)15)16-10-5-3-9(4-6-10)7-8-13/h3-6,11H,2,7H2,1H3,(H,14,15). The molecule has 0 saturated carbocycles. The van der Waals surface area contributed by atoms with E-state index in [9.17, 15) is 4.79 Å². The molecule has 0 spiro atoms. The van der Waals surface area contributed by atoms with Crippen LogP contribution in [0.25, 0.3) is 0 Å². The molecule has 0 aliphatic carbocycles. The molecule has 1 aromatic carbocycles. The summed E-state index contributed by atoms with van der Waals surface area (Å²) in [5.74, 6) is -0.459. The number of rotatable bonds is 5. The van der Waals surface area contributed by atoms with Crippen molar-refractivity contribution in [1.29, 1.82) is 5.26 Å². The number of aliphatic carboxylic acids is 1. The minimum Gasteiger partial charge on any atom is -0.479 e. The van der Waals surface area contributed by atoms with Gasteiger partial charge in [-0.2, -0.15) is 5.26 Å². The summed E-state index contributed by atoms with van der Waals surface area (Å²) >= 11 is 0. The van der Waals surface area contributed by atoms with Gasteiger partial charge >= 0.3 is 5.97 Å². The second kappa shape index (κ2) is 5.76. The van der Waals surface area contributed by atoms with Gasteiger partial charge in [-0.25, -0.2) is 4.79 Å². The van der Waals surface area contributed by atoms with Crippen molar-refractivity contribution in [2.45, 2.75) is 25.9 Å². The monoisotopic (exact) mass is 219 g/mol. The van der Waals surface area contributed by atoms with E-state index in [-0.39, 0.29) is 0 Å². The fourth-order valence-electron chi connectivity index (χ4n) is 1.25. The molecule has 0 aliphatic heterocycles. The number of nitriles is 1. The Labute approximate surface area is 94.1 Å². The molecule has 0 heterocycles. The van der Waals surface area contributed by atoms with Gasteiger partial charge < -0.3 is 9.84 Å². The highest BCUT2D eigenvalue weighted by atomic mass is 16.5. The molecule has 4 heteroatoms.